The number of hydrogen-bond acceptors (Lipinski definition) is 3. The highest BCUT2D eigenvalue weighted by Gasteiger charge is 2.69. The van der Waals surface area contributed by atoms with Crippen LogP contribution in [0.2, 0.25) is 0 Å². The molecular weight excluding hydrogens is 312 g/mol. The second kappa shape index (κ2) is 6.39. The Morgan fingerprint density at radius 3 is 2.44 bits per heavy atom. The summed E-state index contributed by atoms with van der Waals surface area (Å²) in [6.07, 6.45) is 10.1. The molecule has 2 heterocycles. The van der Waals surface area contributed by atoms with Crippen molar-refractivity contribution in [1.82, 2.24) is 0 Å². The largest absolute Gasteiger partial charge is 0.382 e. The normalized spacial score (nSPS) is 39.5. The molecule has 2 aliphatic heterocycles. The Kier molecular flexibility index (Phi) is 4.35. The maximum absolute atomic E-state index is 12.0. The molecule has 0 amide bonds. The van der Waals surface area contributed by atoms with E-state index in [0.717, 1.165) is 56.3 Å². The predicted molar refractivity (Wildman–Crippen MR) is 99.3 cm³/mol. The predicted octanol–water partition coefficient (Wildman–Crippen LogP) is 4.27. The fourth-order valence-corrected chi connectivity index (χ4v) is 5.37. The first-order chi connectivity index (χ1) is 12.2. The lowest BCUT2D eigenvalue weighted by Gasteiger charge is -2.58. The van der Waals surface area contributed by atoms with Crippen LogP contribution in [0.1, 0.15) is 50.5 Å². The molecule has 0 aromatic heterocycles. The van der Waals surface area contributed by atoms with Gasteiger partial charge in [-0.2, -0.15) is 0 Å². The monoisotopic (exact) mass is 340 g/mol. The maximum Gasteiger partial charge on any atom is 0.130 e. The molecule has 1 aromatic carbocycles. The third kappa shape index (κ3) is 2.44. The van der Waals surface area contributed by atoms with E-state index < -0.39 is 11.2 Å². The average Bonchev–Trinajstić information content (AvgIpc) is 3.29. The zero-order valence-electron chi connectivity index (χ0n) is 14.9. The Morgan fingerprint density at radius 2 is 1.80 bits per heavy atom. The van der Waals surface area contributed by atoms with Crippen LogP contribution in [-0.4, -0.2) is 35.1 Å². The Morgan fingerprint density at radius 1 is 1.04 bits per heavy atom. The molecule has 134 valence electrons. The van der Waals surface area contributed by atoms with Crippen molar-refractivity contribution in [2.45, 2.75) is 61.7 Å². The standard InChI is InChI=1S/C22H28O3/c1-2-11-21(23)19(17-18-8-4-3-5-9-18)10-14-20(12-6-15-24-20)22(21)13-7-16-25-22/h2-5,8-9,17,23H,1,6-7,10-16H2/b19-17+/t20-,21+,22+/m1/s1. The molecule has 4 rings (SSSR count). The molecular formula is C22H28O3. The Bertz CT molecular complexity index is 651. The van der Waals surface area contributed by atoms with Gasteiger partial charge in [-0.25, -0.2) is 0 Å². The lowest BCUT2D eigenvalue weighted by molar-refractivity contribution is -0.254. The van der Waals surface area contributed by atoms with Crippen molar-refractivity contribution < 1.29 is 14.6 Å². The van der Waals surface area contributed by atoms with E-state index in [1.165, 1.54) is 0 Å². The molecule has 3 atom stereocenters. The van der Waals surface area contributed by atoms with Crippen LogP contribution in [0.3, 0.4) is 0 Å². The van der Waals surface area contributed by atoms with Gasteiger partial charge in [-0.05, 0) is 49.7 Å². The van der Waals surface area contributed by atoms with Gasteiger partial charge < -0.3 is 14.6 Å². The summed E-state index contributed by atoms with van der Waals surface area (Å²) in [5.41, 5.74) is 0.126. The summed E-state index contributed by atoms with van der Waals surface area (Å²) in [4.78, 5) is 0. The molecule has 3 heteroatoms. The first-order valence-corrected chi connectivity index (χ1v) is 9.53. The van der Waals surface area contributed by atoms with Crippen LogP contribution < -0.4 is 0 Å². The van der Waals surface area contributed by atoms with Crippen LogP contribution in [0.5, 0.6) is 0 Å². The Hall–Kier alpha value is -1.42. The lowest BCUT2D eigenvalue weighted by Crippen LogP contribution is -2.70. The van der Waals surface area contributed by atoms with Gasteiger partial charge in [0.05, 0.1) is 0 Å². The molecule has 1 N–H and O–H groups in total. The first-order valence-electron chi connectivity index (χ1n) is 9.53. The number of rotatable bonds is 3. The molecule has 3 nitrogen and oxygen atoms in total. The molecule has 0 bridgehead atoms. The summed E-state index contributed by atoms with van der Waals surface area (Å²) >= 11 is 0. The van der Waals surface area contributed by atoms with E-state index in [0.29, 0.717) is 13.0 Å². The van der Waals surface area contributed by atoms with Crippen molar-refractivity contribution in [3.63, 3.8) is 0 Å². The summed E-state index contributed by atoms with van der Waals surface area (Å²) in [5, 5.41) is 12.0. The fraction of sp³-hybridized carbons (Fsp3) is 0.545. The number of benzene rings is 1. The van der Waals surface area contributed by atoms with E-state index in [4.69, 9.17) is 9.47 Å². The van der Waals surface area contributed by atoms with Crippen LogP contribution in [0.25, 0.3) is 6.08 Å². The summed E-state index contributed by atoms with van der Waals surface area (Å²) in [6, 6.07) is 10.2. The number of fused-ring (bicyclic) bond motifs is 1. The minimum Gasteiger partial charge on any atom is -0.382 e. The van der Waals surface area contributed by atoms with Gasteiger partial charge in [0, 0.05) is 19.6 Å². The zero-order chi connectivity index (χ0) is 17.4. The van der Waals surface area contributed by atoms with Gasteiger partial charge in [-0.3, -0.25) is 0 Å². The minimum atomic E-state index is -1.05. The van der Waals surface area contributed by atoms with Crippen molar-refractivity contribution in [3.05, 3.63) is 54.1 Å². The van der Waals surface area contributed by atoms with E-state index in [-0.39, 0.29) is 5.60 Å². The lowest BCUT2D eigenvalue weighted by atomic mass is 9.57. The van der Waals surface area contributed by atoms with Crippen LogP contribution in [0.4, 0.5) is 0 Å². The zero-order valence-corrected chi connectivity index (χ0v) is 14.9. The molecule has 2 spiro atoms. The van der Waals surface area contributed by atoms with Crippen molar-refractivity contribution in [3.8, 4) is 0 Å². The van der Waals surface area contributed by atoms with E-state index >= 15 is 0 Å². The van der Waals surface area contributed by atoms with Crippen LogP contribution in [0.15, 0.2) is 48.6 Å². The molecule has 1 saturated carbocycles. The molecule has 3 aliphatic rings. The van der Waals surface area contributed by atoms with Gasteiger partial charge in [-0.1, -0.05) is 42.5 Å². The minimum absolute atomic E-state index is 0.352. The van der Waals surface area contributed by atoms with E-state index in [1.54, 1.807) is 0 Å². The summed E-state index contributed by atoms with van der Waals surface area (Å²) in [6.45, 7) is 5.40. The SMILES string of the molecule is C=CC[C@]1(O)/C(=C/c2ccccc2)CC[C@]2(CCCO2)[C@@]12CCCO2. The number of ether oxygens (including phenoxy) is 2. The Balaban J connectivity index is 1.83. The summed E-state index contributed by atoms with van der Waals surface area (Å²) in [5.74, 6) is 0. The third-order valence-electron chi connectivity index (χ3n) is 6.44. The van der Waals surface area contributed by atoms with Crippen molar-refractivity contribution >= 4 is 6.08 Å². The molecule has 2 saturated heterocycles. The van der Waals surface area contributed by atoms with Crippen LogP contribution in [-0.2, 0) is 9.47 Å². The van der Waals surface area contributed by atoms with Crippen molar-refractivity contribution in [2.75, 3.05) is 13.2 Å². The van der Waals surface area contributed by atoms with Crippen molar-refractivity contribution in [1.29, 1.82) is 0 Å². The summed E-state index contributed by atoms with van der Waals surface area (Å²) in [7, 11) is 0. The smallest absolute Gasteiger partial charge is 0.130 e. The topological polar surface area (TPSA) is 38.7 Å². The van der Waals surface area contributed by atoms with Crippen LogP contribution in [0, 0.1) is 0 Å². The molecule has 0 radical (unpaired) electrons. The highest BCUT2D eigenvalue weighted by atomic mass is 16.6. The van der Waals surface area contributed by atoms with Gasteiger partial charge in [0.25, 0.3) is 0 Å². The van der Waals surface area contributed by atoms with Gasteiger partial charge in [0.2, 0.25) is 0 Å². The van der Waals surface area contributed by atoms with E-state index in [2.05, 4.69) is 24.8 Å². The van der Waals surface area contributed by atoms with Gasteiger partial charge in [-0.15, -0.1) is 6.58 Å². The maximum atomic E-state index is 12.0. The van der Waals surface area contributed by atoms with Crippen LogP contribution >= 0.6 is 0 Å². The third-order valence-corrected chi connectivity index (χ3v) is 6.44. The molecule has 1 aromatic rings. The average molecular weight is 340 g/mol. The number of aliphatic hydroxyl groups is 1. The first kappa shape index (κ1) is 17.0. The second-order valence-electron chi connectivity index (χ2n) is 7.66. The Labute approximate surface area is 150 Å². The molecule has 0 unspecified atom stereocenters. The quantitative estimate of drug-likeness (QED) is 0.835. The fourth-order valence-electron chi connectivity index (χ4n) is 5.37. The van der Waals surface area contributed by atoms with Gasteiger partial charge in [0.15, 0.2) is 0 Å². The van der Waals surface area contributed by atoms with Gasteiger partial charge >= 0.3 is 0 Å². The second-order valence-corrected chi connectivity index (χ2v) is 7.66. The van der Waals surface area contributed by atoms with Crippen molar-refractivity contribution in [2.24, 2.45) is 0 Å². The highest BCUT2D eigenvalue weighted by Crippen LogP contribution is 2.59. The number of hydrogen-bond donors (Lipinski definition) is 1. The van der Waals surface area contributed by atoms with E-state index in [9.17, 15) is 5.11 Å². The summed E-state index contributed by atoms with van der Waals surface area (Å²) < 4.78 is 12.7. The molecule has 3 fully saturated rings. The molecule has 25 heavy (non-hydrogen) atoms. The van der Waals surface area contributed by atoms with E-state index in [1.807, 2.05) is 24.3 Å². The molecule has 1 aliphatic carbocycles. The van der Waals surface area contributed by atoms with Gasteiger partial charge in [0.1, 0.15) is 16.8 Å². The highest BCUT2D eigenvalue weighted by molar-refractivity contribution is 5.57.